The number of carbonyl (C=O) groups is 1. The molecule has 0 fully saturated rings. The van der Waals surface area contributed by atoms with Gasteiger partial charge in [-0.15, -0.1) is 0 Å². The molecule has 6 nitrogen and oxygen atoms in total. The van der Waals surface area contributed by atoms with Gasteiger partial charge in [0.2, 0.25) is 0 Å². The summed E-state index contributed by atoms with van der Waals surface area (Å²) in [6.45, 7) is 1.91. The van der Waals surface area contributed by atoms with Crippen LogP contribution in [0.5, 0.6) is 5.75 Å². The second-order valence-corrected chi connectivity index (χ2v) is 7.53. The second-order valence-electron chi connectivity index (χ2n) is 7.53. The maximum atomic E-state index is 13.2. The van der Waals surface area contributed by atoms with Gasteiger partial charge in [0.1, 0.15) is 11.9 Å². The summed E-state index contributed by atoms with van der Waals surface area (Å²) in [5.41, 5.74) is 3.64. The molecule has 2 atom stereocenters. The first-order valence-electron chi connectivity index (χ1n) is 10.3. The number of ether oxygens (including phenoxy) is 1. The van der Waals surface area contributed by atoms with Gasteiger partial charge in [0.15, 0.2) is 0 Å². The summed E-state index contributed by atoms with van der Waals surface area (Å²) in [6.07, 6.45) is 2.69. The number of carbonyl (C=O) groups excluding carboxylic acids is 1. The van der Waals surface area contributed by atoms with E-state index >= 15 is 0 Å². The summed E-state index contributed by atoms with van der Waals surface area (Å²) in [6, 6.07) is 23.4. The molecule has 1 amide bonds. The first-order chi connectivity index (χ1) is 15.6. The number of amides is 1. The lowest BCUT2D eigenvalue weighted by molar-refractivity contribution is 0.0831. The Hall–Kier alpha value is -3.90. The van der Waals surface area contributed by atoms with E-state index in [0.29, 0.717) is 11.3 Å². The van der Waals surface area contributed by atoms with Crippen molar-refractivity contribution in [2.75, 3.05) is 7.11 Å². The van der Waals surface area contributed by atoms with Crippen LogP contribution in [0.2, 0.25) is 0 Å². The monoisotopic (exact) mass is 427 g/mol. The average Bonchev–Trinajstić information content (AvgIpc) is 3.28. The summed E-state index contributed by atoms with van der Waals surface area (Å²) in [5.74, 6) is 0.246. The van der Waals surface area contributed by atoms with Gasteiger partial charge >= 0.3 is 0 Å². The molecule has 0 aliphatic carbocycles. The van der Waals surface area contributed by atoms with Crippen molar-refractivity contribution in [3.63, 3.8) is 0 Å². The third-order valence-corrected chi connectivity index (χ3v) is 5.33. The Bertz CT molecular complexity index is 1190. The maximum absolute atomic E-state index is 13.2. The van der Waals surface area contributed by atoms with Gasteiger partial charge in [-0.2, -0.15) is 0 Å². The fourth-order valence-electron chi connectivity index (χ4n) is 3.66. The Morgan fingerprint density at radius 3 is 2.25 bits per heavy atom. The number of nitrogens with one attached hydrogen (secondary N) is 1. The largest absolute Gasteiger partial charge is 0.495 e. The van der Waals surface area contributed by atoms with Gasteiger partial charge in [-0.1, -0.05) is 60.7 Å². The van der Waals surface area contributed by atoms with Crippen molar-refractivity contribution < 1.29 is 14.6 Å². The van der Waals surface area contributed by atoms with Crippen molar-refractivity contribution >= 4 is 5.91 Å². The number of hydrogen-bond donors (Lipinski definition) is 2. The quantitative estimate of drug-likeness (QED) is 0.459. The molecule has 6 heteroatoms. The van der Waals surface area contributed by atoms with E-state index in [9.17, 15) is 9.90 Å². The predicted octanol–water partition coefficient (Wildman–Crippen LogP) is 4.39. The highest BCUT2D eigenvalue weighted by molar-refractivity contribution is 5.95. The predicted molar refractivity (Wildman–Crippen MR) is 123 cm³/mol. The van der Waals surface area contributed by atoms with Crippen molar-refractivity contribution in [1.82, 2.24) is 14.9 Å². The molecule has 0 saturated heterocycles. The summed E-state index contributed by atoms with van der Waals surface area (Å²) in [5, 5.41) is 14.1. The summed E-state index contributed by atoms with van der Waals surface area (Å²) >= 11 is 0. The highest BCUT2D eigenvalue weighted by atomic mass is 16.5. The lowest BCUT2D eigenvalue weighted by Gasteiger charge is -2.25. The zero-order chi connectivity index (χ0) is 22.5. The smallest absolute Gasteiger partial charge is 0.252 e. The van der Waals surface area contributed by atoms with Crippen molar-refractivity contribution in [2.45, 2.75) is 19.1 Å². The van der Waals surface area contributed by atoms with Gasteiger partial charge in [-0.3, -0.25) is 4.79 Å². The first-order valence-corrected chi connectivity index (χ1v) is 10.3. The van der Waals surface area contributed by atoms with E-state index in [0.717, 1.165) is 22.5 Å². The molecule has 32 heavy (non-hydrogen) atoms. The van der Waals surface area contributed by atoms with Crippen LogP contribution >= 0.6 is 0 Å². The Balaban J connectivity index is 1.63. The first kappa shape index (κ1) is 21.3. The van der Waals surface area contributed by atoms with Crippen molar-refractivity contribution in [3.05, 3.63) is 114 Å². The molecule has 4 rings (SSSR count). The number of aryl methyl sites for hydroxylation is 1. The van der Waals surface area contributed by atoms with E-state index in [-0.39, 0.29) is 5.91 Å². The fraction of sp³-hybridized carbons (Fsp3) is 0.154. The van der Waals surface area contributed by atoms with Gasteiger partial charge in [0.05, 0.1) is 30.9 Å². The lowest BCUT2D eigenvalue weighted by Crippen LogP contribution is -2.32. The molecule has 0 unspecified atom stereocenters. The number of rotatable bonds is 7. The second kappa shape index (κ2) is 9.49. The highest BCUT2D eigenvalue weighted by Gasteiger charge is 2.25. The van der Waals surface area contributed by atoms with Gasteiger partial charge in [-0.25, -0.2) is 4.98 Å². The molecule has 1 heterocycles. The van der Waals surface area contributed by atoms with Crippen LogP contribution in [0.1, 0.15) is 39.3 Å². The van der Waals surface area contributed by atoms with Gasteiger partial charge in [-0.05, 0) is 36.2 Å². The minimum absolute atomic E-state index is 0.305. The van der Waals surface area contributed by atoms with Crippen LogP contribution in [0, 0.1) is 6.92 Å². The van der Waals surface area contributed by atoms with Crippen LogP contribution in [0.25, 0.3) is 5.69 Å². The lowest BCUT2D eigenvalue weighted by atomic mass is 9.95. The number of nitrogens with zero attached hydrogens (tertiary/aromatic N) is 2. The van der Waals surface area contributed by atoms with Crippen molar-refractivity contribution in [1.29, 1.82) is 0 Å². The molecule has 0 aliphatic rings. The van der Waals surface area contributed by atoms with E-state index < -0.39 is 12.1 Å². The molecule has 0 spiro atoms. The molecule has 0 saturated carbocycles. The molecule has 3 aromatic carbocycles. The molecule has 0 aliphatic heterocycles. The zero-order valence-electron chi connectivity index (χ0n) is 18.0. The Morgan fingerprint density at radius 1 is 1.00 bits per heavy atom. The van der Waals surface area contributed by atoms with E-state index in [1.807, 2.05) is 84.4 Å². The molecule has 2 N–H and O–H groups in total. The third kappa shape index (κ3) is 4.55. The van der Waals surface area contributed by atoms with E-state index in [1.165, 1.54) is 0 Å². The van der Waals surface area contributed by atoms with E-state index in [4.69, 9.17) is 4.74 Å². The molecular weight excluding hydrogens is 402 g/mol. The number of aromatic nitrogens is 2. The highest BCUT2D eigenvalue weighted by Crippen LogP contribution is 2.30. The Kier molecular flexibility index (Phi) is 6.33. The zero-order valence-corrected chi connectivity index (χ0v) is 18.0. The van der Waals surface area contributed by atoms with Crippen molar-refractivity contribution in [3.8, 4) is 11.4 Å². The van der Waals surface area contributed by atoms with Crippen LogP contribution in [0.4, 0.5) is 0 Å². The summed E-state index contributed by atoms with van der Waals surface area (Å²) < 4.78 is 7.38. The minimum atomic E-state index is -0.905. The Labute approximate surface area is 187 Å². The SMILES string of the molecule is COc1cc(C(=O)N[C@H](c2ccccc2)[C@H](O)c2ccccc2)ccc1-n1cnc(C)c1. The van der Waals surface area contributed by atoms with E-state index in [1.54, 1.807) is 25.6 Å². The van der Waals surface area contributed by atoms with E-state index in [2.05, 4.69) is 10.3 Å². The maximum Gasteiger partial charge on any atom is 0.252 e. The fourth-order valence-corrected chi connectivity index (χ4v) is 3.66. The number of hydrogen-bond acceptors (Lipinski definition) is 4. The third-order valence-electron chi connectivity index (χ3n) is 5.33. The molecule has 4 aromatic rings. The van der Waals surface area contributed by atoms with Crippen LogP contribution in [-0.4, -0.2) is 27.7 Å². The molecule has 0 radical (unpaired) electrons. The molecular formula is C26H25N3O3. The number of aliphatic hydroxyl groups is 1. The topological polar surface area (TPSA) is 76.4 Å². The summed E-state index contributed by atoms with van der Waals surface area (Å²) in [7, 11) is 1.57. The standard InChI is InChI=1S/C26H25N3O3/c1-18-16-29(17-27-18)22-14-13-21(15-23(22)32-2)26(31)28-24(19-9-5-3-6-10-19)25(30)20-11-7-4-8-12-20/h3-17,24-25,30H,1-2H3,(H,28,31)/t24-,25-/m1/s1. The van der Waals surface area contributed by atoms with Gasteiger partial charge in [0.25, 0.3) is 5.91 Å². The van der Waals surface area contributed by atoms with Gasteiger partial charge in [0, 0.05) is 11.8 Å². The summed E-state index contributed by atoms with van der Waals surface area (Å²) in [4.78, 5) is 17.4. The number of benzene rings is 3. The molecule has 0 bridgehead atoms. The minimum Gasteiger partial charge on any atom is -0.495 e. The number of imidazole rings is 1. The number of methoxy groups -OCH3 is 1. The Morgan fingerprint density at radius 2 is 1.66 bits per heavy atom. The van der Waals surface area contributed by atoms with Crippen molar-refractivity contribution in [2.24, 2.45) is 0 Å². The average molecular weight is 428 g/mol. The van der Waals surface area contributed by atoms with Gasteiger partial charge < -0.3 is 19.7 Å². The van der Waals surface area contributed by atoms with Crippen LogP contribution < -0.4 is 10.1 Å². The molecule has 1 aromatic heterocycles. The van der Waals surface area contributed by atoms with Crippen LogP contribution in [0.15, 0.2) is 91.4 Å². The van der Waals surface area contributed by atoms with Crippen LogP contribution in [0.3, 0.4) is 0 Å². The normalized spacial score (nSPS) is 12.7. The molecule has 162 valence electrons. The van der Waals surface area contributed by atoms with Crippen LogP contribution in [-0.2, 0) is 0 Å². The number of aliphatic hydroxyl groups excluding tert-OH is 1.